The third-order valence-electron chi connectivity index (χ3n) is 2.49. The molecule has 1 rings (SSSR count). The molecule has 0 radical (unpaired) electrons. The van der Waals surface area contributed by atoms with E-state index in [1.807, 2.05) is 0 Å². The molecule has 0 fully saturated rings. The van der Waals surface area contributed by atoms with Crippen molar-refractivity contribution in [3.63, 3.8) is 0 Å². The number of carbonyl (C=O) groups excluding carboxylic acids is 1. The molecule has 1 aromatic rings. The molecule has 6 heteroatoms. The molecule has 0 aliphatic carbocycles. The summed E-state index contributed by atoms with van der Waals surface area (Å²) >= 11 is 0. The number of rotatable bonds is 6. The van der Waals surface area contributed by atoms with Crippen molar-refractivity contribution in [3.05, 3.63) is 18.1 Å². The summed E-state index contributed by atoms with van der Waals surface area (Å²) in [6.07, 6.45) is 2.99. The first-order chi connectivity index (χ1) is 8.60. The topological polar surface area (TPSA) is 64.5 Å². The van der Waals surface area contributed by atoms with Crippen LogP contribution in [0.3, 0.4) is 0 Å². The van der Waals surface area contributed by atoms with Crippen LogP contribution in [0, 0.1) is 0 Å². The lowest BCUT2D eigenvalue weighted by Crippen LogP contribution is -2.34. The van der Waals surface area contributed by atoms with Gasteiger partial charge in [-0.3, -0.25) is 0 Å². The van der Waals surface area contributed by atoms with Gasteiger partial charge in [-0.2, -0.15) is 0 Å². The number of ether oxygens (including phenoxy) is 2. The average molecular weight is 253 g/mol. The van der Waals surface area contributed by atoms with Gasteiger partial charge in [-0.15, -0.1) is 0 Å². The number of hydrogen-bond donors (Lipinski definition) is 0. The highest BCUT2D eigenvalue weighted by molar-refractivity contribution is 5.86. The van der Waals surface area contributed by atoms with Gasteiger partial charge in [0.25, 0.3) is 0 Å². The van der Waals surface area contributed by atoms with Crippen LogP contribution in [0.5, 0.6) is 0 Å². The molecule has 0 N–H and O–H groups in total. The average Bonchev–Trinajstić information content (AvgIpc) is 2.38. The second-order valence-corrected chi connectivity index (χ2v) is 4.03. The van der Waals surface area contributed by atoms with Crippen LogP contribution >= 0.6 is 0 Å². The normalized spacial score (nSPS) is 10.5. The standard InChI is InChI=1S/C12H19N3O3/c1-9(2)15(5-6-17-3)11-8-13-10(7-14-11)12(16)18-4/h7-9H,5-6H2,1-4H3. The molecular formula is C12H19N3O3. The van der Waals surface area contributed by atoms with Gasteiger partial charge >= 0.3 is 5.97 Å². The van der Waals surface area contributed by atoms with Crippen molar-refractivity contribution in [2.45, 2.75) is 19.9 Å². The van der Waals surface area contributed by atoms with Crippen LogP contribution in [-0.4, -0.2) is 49.4 Å². The highest BCUT2D eigenvalue weighted by Crippen LogP contribution is 2.12. The van der Waals surface area contributed by atoms with E-state index < -0.39 is 5.97 Å². The first-order valence-electron chi connectivity index (χ1n) is 5.76. The Hall–Kier alpha value is -1.69. The van der Waals surface area contributed by atoms with Crippen LogP contribution in [-0.2, 0) is 9.47 Å². The van der Waals surface area contributed by atoms with E-state index in [4.69, 9.17) is 4.74 Å². The van der Waals surface area contributed by atoms with Crippen LogP contribution in [0.1, 0.15) is 24.3 Å². The number of anilines is 1. The molecule has 0 atom stereocenters. The second kappa shape index (κ2) is 6.90. The Kier molecular flexibility index (Phi) is 5.51. The Morgan fingerprint density at radius 1 is 1.33 bits per heavy atom. The number of carbonyl (C=O) groups is 1. The van der Waals surface area contributed by atoms with Crippen LogP contribution in [0.15, 0.2) is 12.4 Å². The smallest absolute Gasteiger partial charge is 0.358 e. The van der Waals surface area contributed by atoms with Crippen LogP contribution in [0.4, 0.5) is 5.82 Å². The summed E-state index contributed by atoms with van der Waals surface area (Å²) in [4.78, 5) is 21.6. The van der Waals surface area contributed by atoms with Crippen molar-refractivity contribution in [2.75, 3.05) is 32.3 Å². The molecule has 0 aliphatic rings. The van der Waals surface area contributed by atoms with Gasteiger partial charge in [0, 0.05) is 19.7 Å². The fourth-order valence-corrected chi connectivity index (χ4v) is 1.51. The summed E-state index contributed by atoms with van der Waals surface area (Å²) in [5, 5.41) is 0. The molecule has 0 saturated carbocycles. The maximum atomic E-state index is 11.2. The van der Waals surface area contributed by atoms with Gasteiger partial charge in [0.05, 0.1) is 26.1 Å². The van der Waals surface area contributed by atoms with Crippen molar-refractivity contribution < 1.29 is 14.3 Å². The van der Waals surface area contributed by atoms with E-state index in [0.29, 0.717) is 6.61 Å². The lowest BCUT2D eigenvalue weighted by atomic mass is 10.3. The SMILES string of the molecule is COCCN(c1cnc(C(=O)OC)cn1)C(C)C. The Bertz CT molecular complexity index is 379. The van der Waals surface area contributed by atoms with E-state index in [0.717, 1.165) is 12.4 Å². The van der Waals surface area contributed by atoms with E-state index in [-0.39, 0.29) is 11.7 Å². The highest BCUT2D eigenvalue weighted by atomic mass is 16.5. The molecule has 6 nitrogen and oxygen atoms in total. The summed E-state index contributed by atoms with van der Waals surface area (Å²) < 4.78 is 9.63. The molecular weight excluding hydrogens is 234 g/mol. The molecule has 1 aromatic heterocycles. The number of hydrogen-bond acceptors (Lipinski definition) is 6. The maximum Gasteiger partial charge on any atom is 0.358 e. The Morgan fingerprint density at radius 2 is 2.06 bits per heavy atom. The number of methoxy groups -OCH3 is 2. The van der Waals surface area contributed by atoms with Crippen molar-refractivity contribution in [2.24, 2.45) is 0 Å². The third-order valence-corrected chi connectivity index (χ3v) is 2.49. The fourth-order valence-electron chi connectivity index (χ4n) is 1.51. The lowest BCUT2D eigenvalue weighted by Gasteiger charge is -2.27. The predicted molar refractivity (Wildman–Crippen MR) is 67.7 cm³/mol. The highest BCUT2D eigenvalue weighted by Gasteiger charge is 2.14. The number of aromatic nitrogens is 2. The Balaban J connectivity index is 2.83. The molecule has 0 saturated heterocycles. The van der Waals surface area contributed by atoms with E-state index in [9.17, 15) is 4.79 Å². The molecule has 0 bridgehead atoms. The van der Waals surface area contributed by atoms with Gasteiger partial charge in [0.2, 0.25) is 0 Å². The molecule has 18 heavy (non-hydrogen) atoms. The molecule has 1 heterocycles. The molecule has 0 aromatic carbocycles. The first-order valence-corrected chi connectivity index (χ1v) is 5.76. The zero-order valence-corrected chi connectivity index (χ0v) is 11.2. The quantitative estimate of drug-likeness (QED) is 0.708. The molecule has 0 amide bonds. The Labute approximate surface area is 107 Å². The zero-order valence-electron chi connectivity index (χ0n) is 11.2. The molecule has 0 unspecified atom stereocenters. The van der Waals surface area contributed by atoms with E-state index in [1.165, 1.54) is 13.3 Å². The summed E-state index contributed by atoms with van der Waals surface area (Å²) in [6, 6.07) is 0.276. The minimum atomic E-state index is -0.484. The van der Waals surface area contributed by atoms with Gasteiger partial charge in [0.1, 0.15) is 5.82 Å². The van der Waals surface area contributed by atoms with E-state index >= 15 is 0 Å². The molecule has 100 valence electrons. The van der Waals surface area contributed by atoms with Crippen molar-refractivity contribution in [1.82, 2.24) is 9.97 Å². The molecule has 0 aliphatic heterocycles. The predicted octanol–water partition coefficient (Wildman–Crippen LogP) is 1.12. The summed E-state index contributed by atoms with van der Waals surface area (Å²) in [5.74, 6) is 0.233. The van der Waals surface area contributed by atoms with E-state index in [2.05, 4.69) is 33.5 Å². The largest absolute Gasteiger partial charge is 0.464 e. The minimum Gasteiger partial charge on any atom is -0.464 e. The van der Waals surface area contributed by atoms with Crippen molar-refractivity contribution in [1.29, 1.82) is 0 Å². The van der Waals surface area contributed by atoms with Crippen LogP contribution in [0.2, 0.25) is 0 Å². The van der Waals surface area contributed by atoms with Crippen molar-refractivity contribution in [3.8, 4) is 0 Å². The van der Waals surface area contributed by atoms with Gasteiger partial charge in [-0.25, -0.2) is 14.8 Å². The Morgan fingerprint density at radius 3 is 2.50 bits per heavy atom. The fraction of sp³-hybridized carbons (Fsp3) is 0.583. The minimum absolute atomic E-state index is 0.205. The van der Waals surface area contributed by atoms with Gasteiger partial charge in [-0.1, -0.05) is 0 Å². The van der Waals surface area contributed by atoms with E-state index in [1.54, 1.807) is 13.3 Å². The summed E-state index contributed by atoms with van der Waals surface area (Å²) in [7, 11) is 2.97. The monoisotopic (exact) mass is 253 g/mol. The lowest BCUT2D eigenvalue weighted by molar-refractivity contribution is 0.0593. The third kappa shape index (κ3) is 3.66. The zero-order chi connectivity index (χ0) is 13.5. The second-order valence-electron chi connectivity index (χ2n) is 4.03. The first kappa shape index (κ1) is 14.4. The molecule has 0 spiro atoms. The number of esters is 1. The summed E-state index contributed by atoms with van der Waals surface area (Å²) in [5.41, 5.74) is 0.205. The van der Waals surface area contributed by atoms with Gasteiger partial charge < -0.3 is 14.4 Å². The number of nitrogens with zero attached hydrogens (tertiary/aromatic N) is 3. The summed E-state index contributed by atoms with van der Waals surface area (Å²) in [6.45, 7) is 5.45. The van der Waals surface area contributed by atoms with Crippen molar-refractivity contribution >= 4 is 11.8 Å². The van der Waals surface area contributed by atoms with Gasteiger partial charge in [-0.05, 0) is 13.8 Å². The van der Waals surface area contributed by atoms with Crippen LogP contribution in [0.25, 0.3) is 0 Å². The van der Waals surface area contributed by atoms with Gasteiger partial charge in [0.15, 0.2) is 5.69 Å². The van der Waals surface area contributed by atoms with Crippen LogP contribution < -0.4 is 4.90 Å². The maximum absolute atomic E-state index is 11.2.